The average molecular weight is 386 g/mol. The van der Waals surface area contributed by atoms with Crippen LogP contribution in [0, 0.1) is 13.8 Å². The van der Waals surface area contributed by atoms with Crippen molar-refractivity contribution in [2.45, 2.75) is 51.3 Å². The van der Waals surface area contributed by atoms with Gasteiger partial charge in [0.05, 0.1) is 25.4 Å². The number of nitrogens with zero attached hydrogens (tertiary/aromatic N) is 2. The lowest BCUT2D eigenvalue weighted by atomic mass is 9.86. The molecule has 1 aromatic carbocycles. The number of aryl methyl sites for hydroxylation is 2. The largest absolute Gasteiger partial charge is 0.451 e. The summed E-state index contributed by atoms with van der Waals surface area (Å²) in [6.45, 7) is 7.04. The molecule has 2 fully saturated rings. The van der Waals surface area contributed by atoms with Crippen LogP contribution >= 0.6 is 0 Å². The van der Waals surface area contributed by atoms with E-state index in [4.69, 9.17) is 9.15 Å². The van der Waals surface area contributed by atoms with E-state index in [2.05, 4.69) is 4.90 Å². The predicted molar refractivity (Wildman–Crippen MR) is 108 cm³/mol. The van der Waals surface area contributed by atoms with Crippen molar-refractivity contribution in [3.8, 4) is 0 Å². The van der Waals surface area contributed by atoms with Gasteiger partial charge in [0.1, 0.15) is 5.58 Å². The van der Waals surface area contributed by atoms with Crippen molar-refractivity contribution in [2.24, 2.45) is 0 Å². The number of aliphatic hydroxyl groups is 1. The third kappa shape index (κ3) is 3.45. The van der Waals surface area contributed by atoms with Crippen molar-refractivity contribution in [3.63, 3.8) is 0 Å². The summed E-state index contributed by atoms with van der Waals surface area (Å²) in [4.78, 5) is 17.2. The predicted octanol–water partition coefficient (Wildman–Crippen LogP) is 2.74. The molecule has 1 saturated heterocycles. The van der Waals surface area contributed by atoms with Crippen LogP contribution in [-0.2, 0) is 4.74 Å². The SMILES string of the molecule is Cc1ccc2c(C)c(C(=O)N(C)[C@@H]3CCC[C@@H](N4CCOCC4)[C@@H]3O)oc2c1. The van der Waals surface area contributed by atoms with Crippen LogP contribution in [0.5, 0.6) is 0 Å². The number of furan rings is 1. The molecule has 6 heteroatoms. The lowest BCUT2D eigenvalue weighted by Crippen LogP contribution is -2.58. The van der Waals surface area contributed by atoms with E-state index >= 15 is 0 Å². The Balaban J connectivity index is 1.55. The normalized spacial score (nSPS) is 26.5. The summed E-state index contributed by atoms with van der Waals surface area (Å²) in [5.74, 6) is 0.224. The molecule has 0 radical (unpaired) electrons. The molecule has 6 nitrogen and oxygen atoms in total. The molecular formula is C22H30N2O4. The molecule has 1 saturated carbocycles. The van der Waals surface area contributed by atoms with Crippen molar-refractivity contribution in [1.29, 1.82) is 0 Å². The van der Waals surface area contributed by atoms with Gasteiger partial charge in [-0.1, -0.05) is 12.1 Å². The number of amides is 1. The molecule has 0 bridgehead atoms. The van der Waals surface area contributed by atoms with Crippen molar-refractivity contribution < 1.29 is 19.1 Å². The minimum atomic E-state index is -0.562. The smallest absolute Gasteiger partial charge is 0.289 e. The quantitative estimate of drug-likeness (QED) is 0.879. The van der Waals surface area contributed by atoms with Gasteiger partial charge in [0, 0.05) is 37.1 Å². The number of likely N-dealkylation sites (N-methyl/N-ethyl adjacent to an activating group) is 1. The second-order valence-electron chi connectivity index (χ2n) is 8.18. The zero-order chi connectivity index (χ0) is 19.8. The molecule has 1 N–H and O–H groups in total. The molecule has 0 unspecified atom stereocenters. The molecule has 1 aliphatic carbocycles. The number of rotatable bonds is 3. The van der Waals surface area contributed by atoms with Crippen molar-refractivity contribution >= 4 is 16.9 Å². The molecule has 1 aliphatic heterocycles. The van der Waals surface area contributed by atoms with Crippen molar-refractivity contribution in [3.05, 3.63) is 35.1 Å². The molecule has 152 valence electrons. The monoisotopic (exact) mass is 386 g/mol. The Hall–Kier alpha value is -1.89. The fourth-order valence-electron chi connectivity index (χ4n) is 4.71. The summed E-state index contributed by atoms with van der Waals surface area (Å²) in [6, 6.07) is 5.87. The molecule has 1 aromatic heterocycles. The van der Waals surface area contributed by atoms with Crippen LogP contribution in [0.4, 0.5) is 0 Å². The van der Waals surface area contributed by atoms with Crippen LogP contribution in [-0.4, -0.2) is 72.4 Å². The Morgan fingerprint density at radius 2 is 1.96 bits per heavy atom. The summed E-state index contributed by atoms with van der Waals surface area (Å²) < 4.78 is 11.4. The fraction of sp³-hybridized carbons (Fsp3) is 0.591. The van der Waals surface area contributed by atoms with Gasteiger partial charge in [-0.2, -0.15) is 0 Å². The molecule has 28 heavy (non-hydrogen) atoms. The van der Waals surface area contributed by atoms with E-state index in [-0.39, 0.29) is 18.0 Å². The first-order valence-electron chi connectivity index (χ1n) is 10.2. The van der Waals surface area contributed by atoms with Crippen LogP contribution in [0.2, 0.25) is 0 Å². The molecule has 0 spiro atoms. The van der Waals surface area contributed by atoms with E-state index in [1.807, 2.05) is 32.0 Å². The maximum Gasteiger partial charge on any atom is 0.289 e. The zero-order valence-electron chi connectivity index (χ0n) is 17.0. The van der Waals surface area contributed by atoms with E-state index < -0.39 is 6.10 Å². The molecule has 2 heterocycles. The summed E-state index contributed by atoms with van der Waals surface area (Å²) >= 11 is 0. The first-order valence-corrected chi connectivity index (χ1v) is 10.2. The molecule has 1 amide bonds. The highest BCUT2D eigenvalue weighted by atomic mass is 16.5. The van der Waals surface area contributed by atoms with Crippen LogP contribution in [0.3, 0.4) is 0 Å². The number of ether oxygens (including phenoxy) is 1. The maximum atomic E-state index is 13.2. The van der Waals surface area contributed by atoms with Crippen LogP contribution in [0.15, 0.2) is 22.6 Å². The van der Waals surface area contributed by atoms with Gasteiger partial charge in [-0.3, -0.25) is 9.69 Å². The minimum absolute atomic E-state index is 0.0809. The molecular weight excluding hydrogens is 356 g/mol. The third-order valence-electron chi connectivity index (χ3n) is 6.41. The van der Waals surface area contributed by atoms with Gasteiger partial charge in [-0.15, -0.1) is 0 Å². The number of benzene rings is 1. The van der Waals surface area contributed by atoms with E-state index in [0.29, 0.717) is 19.0 Å². The highest BCUT2D eigenvalue weighted by molar-refractivity contribution is 5.99. The van der Waals surface area contributed by atoms with E-state index in [0.717, 1.165) is 54.4 Å². The fourth-order valence-corrected chi connectivity index (χ4v) is 4.71. The van der Waals surface area contributed by atoms with Gasteiger partial charge in [0.25, 0.3) is 5.91 Å². The topological polar surface area (TPSA) is 66.2 Å². The van der Waals surface area contributed by atoms with E-state index in [9.17, 15) is 9.90 Å². The highest BCUT2D eigenvalue weighted by Gasteiger charge is 2.40. The lowest BCUT2D eigenvalue weighted by molar-refractivity contribution is -0.0616. The minimum Gasteiger partial charge on any atom is -0.451 e. The van der Waals surface area contributed by atoms with Gasteiger partial charge in [-0.05, 0) is 44.7 Å². The Labute approximate surface area is 166 Å². The maximum absolute atomic E-state index is 13.2. The van der Waals surface area contributed by atoms with Crippen LogP contribution in [0.25, 0.3) is 11.0 Å². The number of carbonyl (C=O) groups excluding carboxylic acids is 1. The van der Waals surface area contributed by atoms with Crippen LogP contribution in [0.1, 0.15) is 40.9 Å². The average Bonchev–Trinajstić information content (AvgIpc) is 3.03. The van der Waals surface area contributed by atoms with Gasteiger partial charge in [-0.25, -0.2) is 0 Å². The third-order valence-corrected chi connectivity index (χ3v) is 6.41. The Kier molecular flexibility index (Phi) is 5.45. The molecule has 3 atom stereocenters. The second-order valence-corrected chi connectivity index (χ2v) is 8.18. The summed E-state index contributed by atoms with van der Waals surface area (Å²) in [6.07, 6.45) is 2.21. The number of carbonyl (C=O) groups is 1. The summed E-state index contributed by atoms with van der Waals surface area (Å²) in [5, 5.41) is 12.1. The molecule has 4 rings (SSSR count). The van der Waals surface area contributed by atoms with Gasteiger partial charge in [0.15, 0.2) is 5.76 Å². The van der Waals surface area contributed by atoms with Crippen LogP contribution < -0.4 is 0 Å². The second kappa shape index (κ2) is 7.85. The number of hydrogen-bond donors (Lipinski definition) is 1. The van der Waals surface area contributed by atoms with Gasteiger partial charge in [0.2, 0.25) is 0 Å². The summed E-state index contributed by atoms with van der Waals surface area (Å²) in [7, 11) is 1.79. The van der Waals surface area contributed by atoms with Crippen molar-refractivity contribution in [2.75, 3.05) is 33.4 Å². The van der Waals surface area contributed by atoms with Crippen molar-refractivity contribution in [1.82, 2.24) is 9.80 Å². The number of morpholine rings is 1. The summed E-state index contributed by atoms with van der Waals surface area (Å²) in [5.41, 5.74) is 2.70. The Bertz CT molecular complexity index is 856. The Morgan fingerprint density at radius 3 is 2.71 bits per heavy atom. The molecule has 2 aliphatic rings. The van der Waals surface area contributed by atoms with Gasteiger partial charge < -0.3 is 19.2 Å². The number of fused-ring (bicyclic) bond motifs is 1. The lowest BCUT2D eigenvalue weighted by Gasteiger charge is -2.45. The van der Waals surface area contributed by atoms with E-state index in [1.54, 1.807) is 11.9 Å². The standard InChI is InChI=1S/C22H30N2O4/c1-14-7-8-16-15(2)21(28-19(16)13-14)22(26)23(3)17-5-4-6-18(20(17)25)24-9-11-27-12-10-24/h7-8,13,17-18,20,25H,4-6,9-12H2,1-3H3/t17-,18-,20-/m1/s1. The molecule has 2 aromatic rings. The highest BCUT2D eigenvalue weighted by Crippen LogP contribution is 2.31. The van der Waals surface area contributed by atoms with E-state index in [1.165, 1.54) is 0 Å². The first kappa shape index (κ1) is 19.4. The van der Waals surface area contributed by atoms with Gasteiger partial charge >= 0.3 is 0 Å². The number of hydrogen-bond acceptors (Lipinski definition) is 5. The zero-order valence-corrected chi connectivity index (χ0v) is 17.0. The number of aliphatic hydroxyl groups excluding tert-OH is 1. The Morgan fingerprint density at radius 1 is 1.21 bits per heavy atom. The first-order chi connectivity index (χ1) is 13.5.